The van der Waals surface area contributed by atoms with Crippen LogP contribution in [0, 0.1) is 5.92 Å². The molecule has 1 aromatic carbocycles. The first-order valence-electron chi connectivity index (χ1n) is 7.58. The Morgan fingerprint density at radius 3 is 2.46 bits per heavy atom. The van der Waals surface area contributed by atoms with Crippen molar-refractivity contribution in [3.8, 4) is 0 Å². The summed E-state index contributed by atoms with van der Waals surface area (Å²) in [6, 6.07) is 7.17. The van der Waals surface area contributed by atoms with Crippen LogP contribution in [0.3, 0.4) is 0 Å². The van der Waals surface area contributed by atoms with Gasteiger partial charge >= 0.3 is 0 Å². The lowest BCUT2D eigenvalue weighted by Crippen LogP contribution is -2.25. The van der Waals surface area contributed by atoms with E-state index in [-0.39, 0.29) is 11.6 Å². The highest BCUT2D eigenvalue weighted by Gasteiger charge is 2.40. The summed E-state index contributed by atoms with van der Waals surface area (Å²) >= 11 is 0. The van der Waals surface area contributed by atoms with Crippen LogP contribution in [0.1, 0.15) is 19.4 Å². The molecular formula is C20H19NO3. The van der Waals surface area contributed by atoms with Gasteiger partial charge in [0.25, 0.3) is 0 Å². The highest BCUT2D eigenvalue weighted by molar-refractivity contribution is 6.36. The molecule has 1 unspecified atom stereocenters. The summed E-state index contributed by atoms with van der Waals surface area (Å²) in [6.07, 6.45) is 7.21. The molecule has 1 aromatic rings. The second-order valence-electron chi connectivity index (χ2n) is 5.32. The monoisotopic (exact) mass is 321 g/mol. The van der Waals surface area contributed by atoms with Crippen molar-refractivity contribution in [1.29, 1.82) is 0 Å². The highest BCUT2D eigenvalue weighted by Crippen LogP contribution is 2.30. The van der Waals surface area contributed by atoms with Gasteiger partial charge in [0.1, 0.15) is 5.92 Å². The summed E-state index contributed by atoms with van der Waals surface area (Å²) in [4.78, 5) is 29.6. The van der Waals surface area contributed by atoms with Crippen LogP contribution in [0.4, 0.5) is 5.69 Å². The fourth-order valence-corrected chi connectivity index (χ4v) is 2.69. The molecule has 24 heavy (non-hydrogen) atoms. The Balaban J connectivity index is 2.45. The van der Waals surface area contributed by atoms with E-state index in [4.69, 9.17) is 5.11 Å². The van der Waals surface area contributed by atoms with Gasteiger partial charge in [0, 0.05) is 22.4 Å². The van der Waals surface area contributed by atoms with Crippen molar-refractivity contribution in [1.82, 2.24) is 0 Å². The van der Waals surface area contributed by atoms with Crippen LogP contribution in [0.15, 0.2) is 71.5 Å². The minimum atomic E-state index is -0.921. The highest BCUT2D eigenvalue weighted by atomic mass is 16.2. The second-order valence-corrected chi connectivity index (χ2v) is 5.32. The zero-order chi connectivity index (χ0) is 17.7. The van der Waals surface area contributed by atoms with Crippen molar-refractivity contribution in [2.24, 2.45) is 10.9 Å². The number of benzene rings is 1. The Morgan fingerprint density at radius 1 is 1.17 bits per heavy atom. The van der Waals surface area contributed by atoms with Gasteiger partial charge in [-0.3, -0.25) is 14.6 Å². The number of para-hydroxylation sites is 1. The topological polar surface area (TPSA) is 66.7 Å². The summed E-state index contributed by atoms with van der Waals surface area (Å²) in [5.41, 5.74) is 2.41. The first-order valence-corrected chi connectivity index (χ1v) is 7.58. The number of ketones is 2. The molecule has 0 saturated heterocycles. The van der Waals surface area contributed by atoms with Gasteiger partial charge in [-0.15, -0.1) is 0 Å². The maximum atomic E-state index is 12.6. The number of hydrogen-bond acceptors (Lipinski definition) is 4. The molecule has 4 heteroatoms. The summed E-state index contributed by atoms with van der Waals surface area (Å²) in [5.74, 6) is -1.46. The maximum absolute atomic E-state index is 12.6. The lowest BCUT2D eigenvalue weighted by molar-refractivity contribution is -0.123. The zero-order valence-electron chi connectivity index (χ0n) is 13.7. The largest absolute Gasteiger partial charge is 0.516 e. The van der Waals surface area contributed by atoms with E-state index in [1.807, 2.05) is 6.07 Å². The van der Waals surface area contributed by atoms with Crippen molar-refractivity contribution in [2.45, 2.75) is 13.8 Å². The fourth-order valence-electron chi connectivity index (χ4n) is 2.69. The Kier molecular flexibility index (Phi) is 5.42. The Labute approximate surface area is 141 Å². The number of carbonyl (C=O) groups excluding carboxylic acids is 2. The zero-order valence-corrected chi connectivity index (χ0v) is 13.7. The first kappa shape index (κ1) is 17.3. The van der Waals surface area contributed by atoms with Crippen molar-refractivity contribution in [3.63, 3.8) is 0 Å². The first-order chi connectivity index (χ1) is 11.5. The molecule has 0 bridgehead atoms. The number of carbonyl (C=O) groups is 2. The number of Topliss-reactive ketones (excluding diaryl/α,β-unsaturated/α-hetero) is 2. The normalized spacial score (nSPS) is 19.1. The number of aliphatic hydroxyl groups excluding tert-OH is 1. The van der Waals surface area contributed by atoms with Crippen LogP contribution in [-0.4, -0.2) is 22.4 Å². The molecule has 0 radical (unpaired) electrons. The van der Waals surface area contributed by atoms with Gasteiger partial charge in [0.2, 0.25) is 0 Å². The minimum Gasteiger partial charge on any atom is -0.516 e. The fraction of sp³-hybridized carbons (Fsp3) is 0.150. The van der Waals surface area contributed by atoms with Crippen LogP contribution in [-0.2, 0) is 9.59 Å². The molecule has 0 spiro atoms. The molecular weight excluding hydrogens is 302 g/mol. The molecule has 0 amide bonds. The Bertz CT molecular complexity index is 810. The molecule has 0 heterocycles. The van der Waals surface area contributed by atoms with Crippen molar-refractivity contribution in [2.75, 3.05) is 0 Å². The van der Waals surface area contributed by atoms with E-state index < -0.39 is 5.92 Å². The smallest absolute Gasteiger partial charge is 0.180 e. The SMILES string of the molecule is C=CC1=C(/C=C\C)C(=O)C(C(C)=Nc2ccccc2/C=C/O)C1=O. The molecule has 122 valence electrons. The van der Waals surface area contributed by atoms with Crippen LogP contribution in [0.25, 0.3) is 6.08 Å². The number of nitrogens with zero attached hydrogens (tertiary/aromatic N) is 1. The van der Waals surface area contributed by atoms with Crippen LogP contribution in [0.2, 0.25) is 0 Å². The maximum Gasteiger partial charge on any atom is 0.180 e. The summed E-state index contributed by atoms with van der Waals surface area (Å²) in [7, 11) is 0. The van der Waals surface area contributed by atoms with E-state index in [1.165, 1.54) is 12.2 Å². The molecule has 0 saturated carbocycles. The van der Waals surface area contributed by atoms with E-state index in [9.17, 15) is 9.59 Å². The van der Waals surface area contributed by atoms with E-state index >= 15 is 0 Å². The van der Waals surface area contributed by atoms with Gasteiger partial charge in [0.15, 0.2) is 11.6 Å². The summed E-state index contributed by atoms with van der Waals surface area (Å²) < 4.78 is 0. The molecule has 4 nitrogen and oxygen atoms in total. The predicted molar refractivity (Wildman–Crippen MR) is 96.4 cm³/mol. The molecule has 0 aromatic heterocycles. The standard InChI is InChI=1S/C20H19NO3/c1-4-8-16-15(5-2)19(23)18(20(16)24)13(3)21-17-10-7-6-9-14(17)11-12-22/h4-12,18,22H,2H2,1,3H3/b8-4-,12-11+,21-13?. The van der Waals surface area contributed by atoms with Crippen molar-refractivity contribution >= 4 is 29.0 Å². The van der Waals surface area contributed by atoms with Gasteiger partial charge in [-0.25, -0.2) is 0 Å². The van der Waals surface area contributed by atoms with Gasteiger partial charge < -0.3 is 5.11 Å². The predicted octanol–water partition coefficient (Wildman–Crippen LogP) is 4.13. The number of aliphatic imine (C=N–C) groups is 1. The van der Waals surface area contributed by atoms with Gasteiger partial charge in [-0.1, -0.05) is 43.0 Å². The van der Waals surface area contributed by atoms with Crippen LogP contribution in [0.5, 0.6) is 0 Å². The van der Waals surface area contributed by atoms with Crippen molar-refractivity contribution in [3.05, 3.63) is 72.0 Å². The molecule has 1 N–H and O–H groups in total. The van der Waals surface area contributed by atoms with Gasteiger partial charge in [-0.05, 0) is 26.0 Å². The Hall–Kier alpha value is -3.01. The van der Waals surface area contributed by atoms with Crippen molar-refractivity contribution < 1.29 is 14.7 Å². The third-order valence-electron chi connectivity index (χ3n) is 3.79. The van der Waals surface area contributed by atoms with Gasteiger partial charge in [0.05, 0.1) is 11.9 Å². The van der Waals surface area contributed by atoms with E-state index in [2.05, 4.69) is 11.6 Å². The lowest BCUT2D eigenvalue weighted by atomic mass is 9.97. The third kappa shape index (κ3) is 3.18. The van der Waals surface area contributed by atoms with Gasteiger partial charge in [-0.2, -0.15) is 0 Å². The minimum absolute atomic E-state index is 0.260. The van der Waals surface area contributed by atoms with E-state index in [1.54, 1.807) is 44.2 Å². The number of hydrogen-bond donors (Lipinski definition) is 1. The number of allylic oxidation sites excluding steroid dienone is 5. The quantitative estimate of drug-likeness (QED) is 0.503. The molecule has 1 atom stereocenters. The summed E-state index contributed by atoms with van der Waals surface area (Å²) in [6.45, 7) is 7.09. The Morgan fingerprint density at radius 2 is 1.83 bits per heavy atom. The lowest BCUT2D eigenvalue weighted by Gasteiger charge is -2.09. The average Bonchev–Trinajstić information content (AvgIpc) is 2.80. The molecule has 1 aliphatic rings. The number of rotatable bonds is 5. The molecule has 0 fully saturated rings. The van der Waals surface area contributed by atoms with Crippen LogP contribution >= 0.6 is 0 Å². The molecule has 2 rings (SSSR count). The molecule has 1 aliphatic carbocycles. The van der Waals surface area contributed by atoms with Crippen LogP contribution < -0.4 is 0 Å². The second kappa shape index (κ2) is 7.51. The van der Waals surface area contributed by atoms with E-state index in [0.717, 1.165) is 6.26 Å². The molecule has 0 aliphatic heterocycles. The average molecular weight is 321 g/mol. The number of aliphatic hydroxyl groups is 1. The third-order valence-corrected chi connectivity index (χ3v) is 3.79. The summed E-state index contributed by atoms with van der Waals surface area (Å²) in [5, 5.41) is 8.97. The van der Waals surface area contributed by atoms with E-state index in [0.29, 0.717) is 28.1 Å².